The largest absolute Gasteiger partial charge is 0.390 e. The minimum Gasteiger partial charge on any atom is -0.390 e. The van der Waals surface area contributed by atoms with Crippen LogP contribution in [0.5, 0.6) is 0 Å². The lowest BCUT2D eigenvalue weighted by molar-refractivity contribution is -0.149. The van der Waals surface area contributed by atoms with Crippen molar-refractivity contribution in [2.24, 2.45) is 40.4 Å². The summed E-state index contributed by atoms with van der Waals surface area (Å²) in [6, 6.07) is 0. The molecule has 5 heteroatoms. The molecule has 9 atom stereocenters. The van der Waals surface area contributed by atoms with Crippen LogP contribution >= 0.6 is 0 Å². The fourth-order valence-corrected chi connectivity index (χ4v) is 9.04. The van der Waals surface area contributed by atoms with Gasteiger partial charge >= 0.3 is 0 Å². The molecule has 0 radical (unpaired) electrons. The standard InChI is InChI=1S/C27H44F2O3/c1-6-26(31)14-18-7-8-19-21-10-9-20(17(2)13-27(28,29)16-30)24(21,3)12-11-22(19)25(18,4)15-23(26)32-5/h7,17,19-23,30-31H,6,8-16H2,1-5H3/t17-,19+,20-,21+,22+,23+,24-,25+,26-/m1/s1. The molecular weight excluding hydrogens is 410 g/mol. The van der Waals surface area contributed by atoms with Crippen molar-refractivity contribution < 1.29 is 23.7 Å². The highest BCUT2D eigenvalue weighted by atomic mass is 19.3. The van der Waals surface area contributed by atoms with Crippen molar-refractivity contribution in [3.63, 3.8) is 0 Å². The summed E-state index contributed by atoms with van der Waals surface area (Å²) in [5, 5.41) is 20.3. The number of alkyl halides is 2. The minimum atomic E-state index is -2.98. The lowest BCUT2D eigenvalue weighted by Gasteiger charge is -2.60. The van der Waals surface area contributed by atoms with Gasteiger partial charge in [0.1, 0.15) is 6.61 Å². The zero-order valence-electron chi connectivity index (χ0n) is 20.7. The molecule has 0 unspecified atom stereocenters. The van der Waals surface area contributed by atoms with E-state index in [1.807, 2.05) is 13.8 Å². The molecule has 0 aromatic rings. The highest BCUT2D eigenvalue weighted by Gasteiger charge is 2.61. The van der Waals surface area contributed by atoms with E-state index in [-0.39, 0.29) is 29.3 Å². The Kier molecular flexibility index (Phi) is 6.38. The van der Waals surface area contributed by atoms with Gasteiger partial charge in [-0.3, -0.25) is 0 Å². The average molecular weight is 455 g/mol. The fraction of sp³-hybridized carbons (Fsp3) is 0.926. The normalized spacial score (nSPS) is 47.3. The zero-order chi connectivity index (χ0) is 23.5. The van der Waals surface area contributed by atoms with E-state index >= 15 is 0 Å². The number of allylic oxidation sites excluding steroid dienone is 1. The number of methoxy groups -OCH3 is 1. The van der Waals surface area contributed by atoms with Gasteiger partial charge in [0.25, 0.3) is 5.92 Å². The quantitative estimate of drug-likeness (QED) is 0.485. The highest BCUT2D eigenvalue weighted by molar-refractivity contribution is 5.28. The van der Waals surface area contributed by atoms with Crippen LogP contribution in [0, 0.1) is 40.4 Å². The van der Waals surface area contributed by atoms with Crippen LogP contribution in [-0.2, 0) is 4.74 Å². The van der Waals surface area contributed by atoms with Crippen molar-refractivity contribution in [2.75, 3.05) is 13.7 Å². The number of rotatable bonds is 6. The van der Waals surface area contributed by atoms with E-state index in [1.54, 1.807) is 7.11 Å². The molecule has 0 bridgehead atoms. The first-order valence-electron chi connectivity index (χ1n) is 12.9. The van der Waals surface area contributed by atoms with Crippen LogP contribution in [-0.4, -0.2) is 41.6 Å². The van der Waals surface area contributed by atoms with Gasteiger partial charge < -0.3 is 14.9 Å². The summed E-state index contributed by atoms with van der Waals surface area (Å²) in [6.45, 7) is 7.74. The Labute approximate surface area is 193 Å². The summed E-state index contributed by atoms with van der Waals surface area (Å²) in [5.41, 5.74) is 0.806. The Morgan fingerprint density at radius 3 is 2.56 bits per heavy atom. The van der Waals surface area contributed by atoms with Crippen LogP contribution in [0.1, 0.15) is 85.5 Å². The summed E-state index contributed by atoms with van der Waals surface area (Å²) in [4.78, 5) is 0. The van der Waals surface area contributed by atoms with Crippen LogP contribution < -0.4 is 0 Å². The summed E-state index contributed by atoms with van der Waals surface area (Å²) in [6.07, 6.45) is 9.79. The molecule has 4 rings (SSSR count). The highest BCUT2D eigenvalue weighted by Crippen LogP contribution is 2.68. The van der Waals surface area contributed by atoms with Crippen LogP contribution in [0.3, 0.4) is 0 Å². The SMILES string of the molecule is CC[C@@]1(O)CC2=CC[C@H]3[C@@H]4CC[C@H]([C@H](C)CC(F)(F)CO)[C@@]4(C)CC[C@@H]3[C@@]2(C)C[C@@H]1OC. The number of aliphatic hydroxyl groups excluding tert-OH is 1. The molecule has 0 aromatic carbocycles. The Morgan fingerprint density at radius 1 is 1.22 bits per heavy atom. The van der Waals surface area contributed by atoms with E-state index in [4.69, 9.17) is 9.84 Å². The average Bonchev–Trinajstić information content (AvgIpc) is 3.11. The molecule has 0 heterocycles. The maximum Gasteiger partial charge on any atom is 0.270 e. The zero-order valence-corrected chi connectivity index (χ0v) is 20.7. The molecule has 2 N–H and O–H groups in total. The Morgan fingerprint density at radius 2 is 1.94 bits per heavy atom. The van der Waals surface area contributed by atoms with Crippen molar-refractivity contribution in [2.45, 2.75) is 103 Å². The molecule has 32 heavy (non-hydrogen) atoms. The number of hydrogen-bond acceptors (Lipinski definition) is 3. The minimum absolute atomic E-state index is 0.0555. The number of fused-ring (bicyclic) bond motifs is 5. The monoisotopic (exact) mass is 454 g/mol. The summed E-state index contributed by atoms with van der Waals surface area (Å²) in [7, 11) is 1.73. The predicted octanol–water partition coefficient (Wildman–Crippen LogP) is 5.99. The first kappa shape index (κ1) is 24.6. The van der Waals surface area contributed by atoms with Gasteiger partial charge in [0, 0.05) is 20.0 Å². The molecule has 0 spiro atoms. The fourth-order valence-electron chi connectivity index (χ4n) is 9.04. The molecule has 3 fully saturated rings. The number of ether oxygens (including phenoxy) is 1. The smallest absolute Gasteiger partial charge is 0.270 e. The molecule has 0 saturated heterocycles. The third-order valence-corrected chi connectivity index (χ3v) is 10.8. The van der Waals surface area contributed by atoms with Crippen LogP contribution in [0.4, 0.5) is 8.78 Å². The number of aliphatic hydroxyl groups is 2. The third-order valence-electron chi connectivity index (χ3n) is 10.8. The van der Waals surface area contributed by atoms with E-state index in [1.165, 1.54) is 5.57 Å². The van der Waals surface area contributed by atoms with Crippen molar-refractivity contribution >= 4 is 0 Å². The van der Waals surface area contributed by atoms with Crippen LogP contribution in [0.15, 0.2) is 11.6 Å². The second-order valence-electron chi connectivity index (χ2n) is 12.2. The summed E-state index contributed by atoms with van der Waals surface area (Å²) in [5.74, 6) is -1.03. The number of halogens is 2. The molecule has 3 saturated carbocycles. The predicted molar refractivity (Wildman–Crippen MR) is 122 cm³/mol. The second kappa shape index (κ2) is 8.30. The van der Waals surface area contributed by atoms with Crippen molar-refractivity contribution in [1.82, 2.24) is 0 Å². The molecule has 0 aliphatic heterocycles. The molecule has 0 amide bonds. The van der Waals surface area contributed by atoms with Crippen LogP contribution in [0.2, 0.25) is 0 Å². The molecule has 4 aliphatic carbocycles. The van der Waals surface area contributed by atoms with E-state index in [9.17, 15) is 13.9 Å². The maximum atomic E-state index is 14.0. The maximum absolute atomic E-state index is 14.0. The van der Waals surface area contributed by atoms with E-state index < -0.39 is 18.1 Å². The Hall–Kier alpha value is -0.520. The first-order chi connectivity index (χ1) is 14.9. The van der Waals surface area contributed by atoms with Gasteiger partial charge in [-0.25, -0.2) is 8.78 Å². The van der Waals surface area contributed by atoms with Crippen LogP contribution in [0.25, 0.3) is 0 Å². The number of hydrogen-bond donors (Lipinski definition) is 2. The van der Waals surface area contributed by atoms with E-state index in [2.05, 4.69) is 19.9 Å². The third kappa shape index (κ3) is 3.69. The van der Waals surface area contributed by atoms with Gasteiger partial charge in [-0.05, 0) is 85.4 Å². The van der Waals surface area contributed by atoms with Gasteiger partial charge in [0.2, 0.25) is 0 Å². The lowest BCUT2D eigenvalue weighted by Crippen LogP contribution is -2.57. The summed E-state index contributed by atoms with van der Waals surface area (Å²) < 4.78 is 33.8. The van der Waals surface area contributed by atoms with E-state index in [0.29, 0.717) is 36.5 Å². The topological polar surface area (TPSA) is 49.7 Å². The summed E-state index contributed by atoms with van der Waals surface area (Å²) >= 11 is 0. The Bertz CT molecular complexity index is 738. The van der Waals surface area contributed by atoms with Gasteiger partial charge in [-0.1, -0.05) is 39.3 Å². The second-order valence-corrected chi connectivity index (χ2v) is 12.2. The van der Waals surface area contributed by atoms with Gasteiger partial charge in [-0.2, -0.15) is 0 Å². The van der Waals surface area contributed by atoms with Crippen molar-refractivity contribution in [1.29, 1.82) is 0 Å². The van der Waals surface area contributed by atoms with E-state index in [0.717, 1.165) is 38.5 Å². The molecule has 3 nitrogen and oxygen atoms in total. The molecular formula is C27H44F2O3. The van der Waals surface area contributed by atoms with Crippen molar-refractivity contribution in [3.05, 3.63) is 11.6 Å². The molecule has 184 valence electrons. The lowest BCUT2D eigenvalue weighted by atomic mass is 9.46. The van der Waals surface area contributed by atoms with Crippen molar-refractivity contribution in [3.8, 4) is 0 Å². The Balaban J connectivity index is 1.58. The van der Waals surface area contributed by atoms with Gasteiger partial charge in [0.05, 0.1) is 11.7 Å². The first-order valence-corrected chi connectivity index (χ1v) is 12.9. The molecule has 0 aromatic heterocycles. The molecule has 4 aliphatic rings. The van der Waals surface area contributed by atoms with Gasteiger partial charge in [-0.15, -0.1) is 0 Å². The van der Waals surface area contributed by atoms with Gasteiger partial charge in [0.15, 0.2) is 0 Å².